The van der Waals surface area contributed by atoms with Crippen molar-refractivity contribution in [1.82, 2.24) is 10.2 Å². The third-order valence-electron chi connectivity index (χ3n) is 4.57. The molecule has 24 heavy (non-hydrogen) atoms. The standard InChI is InChI=1S/C20H30N2O2/c1-16-6-8-18(9-7-16)4-3-5-20(24)21-14-19(23)15-22-12-10-17(2)11-13-22/h3-4,6-9,17,19,23H,5,10-15H2,1-2H3,(H,21,24)/b4-3+. The van der Waals surface area contributed by atoms with Crippen molar-refractivity contribution in [3.05, 3.63) is 41.5 Å². The molecular formula is C20H30N2O2. The second-order valence-corrected chi connectivity index (χ2v) is 6.96. The molecule has 2 rings (SSSR count). The second kappa shape index (κ2) is 9.60. The van der Waals surface area contributed by atoms with Crippen LogP contribution in [0.25, 0.3) is 6.08 Å². The van der Waals surface area contributed by atoms with Gasteiger partial charge in [0.15, 0.2) is 0 Å². The molecule has 0 radical (unpaired) electrons. The maximum absolute atomic E-state index is 11.8. The summed E-state index contributed by atoms with van der Waals surface area (Å²) in [5.74, 6) is 0.739. The van der Waals surface area contributed by atoms with Crippen molar-refractivity contribution in [3.63, 3.8) is 0 Å². The van der Waals surface area contributed by atoms with Gasteiger partial charge in [0.2, 0.25) is 5.91 Å². The maximum Gasteiger partial charge on any atom is 0.223 e. The summed E-state index contributed by atoms with van der Waals surface area (Å²) in [6.45, 7) is 7.39. The van der Waals surface area contributed by atoms with Crippen molar-refractivity contribution in [1.29, 1.82) is 0 Å². The Kier molecular flexibility index (Phi) is 7.47. The quantitative estimate of drug-likeness (QED) is 0.808. The van der Waals surface area contributed by atoms with E-state index in [1.54, 1.807) is 0 Å². The Morgan fingerprint density at radius 2 is 2.00 bits per heavy atom. The molecular weight excluding hydrogens is 300 g/mol. The van der Waals surface area contributed by atoms with Gasteiger partial charge in [0.1, 0.15) is 0 Å². The lowest BCUT2D eigenvalue weighted by Crippen LogP contribution is -2.42. The molecule has 1 aromatic rings. The van der Waals surface area contributed by atoms with Crippen LogP contribution >= 0.6 is 0 Å². The number of amides is 1. The number of carbonyl (C=O) groups is 1. The normalized spacial score (nSPS) is 18.0. The zero-order chi connectivity index (χ0) is 17.4. The average molecular weight is 330 g/mol. The lowest BCUT2D eigenvalue weighted by molar-refractivity contribution is -0.120. The number of piperidine rings is 1. The number of nitrogens with zero attached hydrogens (tertiary/aromatic N) is 1. The van der Waals surface area contributed by atoms with Crippen LogP contribution in [0.1, 0.15) is 37.3 Å². The highest BCUT2D eigenvalue weighted by atomic mass is 16.3. The number of carbonyl (C=O) groups excluding carboxylic acids is 1. The van der Waals surface area contributed by atoms with Gasteiger partial charge in [-0.15, -0.1) is 0 Å². The van der Waals surface area contributed by atoms with Gasteiger partial charge in [-0.1, -0.05) is 48.9 Å². The van der Waals surface area contributed by atoms with Gasteiger partial charge in [0.25, 0.3) is 0 Å². The van der Waals surface area contributed by atoms with Crippen LogP contribution in [0.2, 0.25) is 0 Å². The van der Waals surface area contributed by atoms with E-state index < -0.39 is 6.10 Å². The number of benzene rings is 1. The molecule has 1 aliphatic heterocycles. The topological polar surface area (TPSA) is 52.6 Å². The fraction of sp³-hybridized carbons (Fsp3) is 0.550. The number of aryl methyl sites for hydroxylation is 1. The van der Waals surface area contributed by atoms with E-state index in [0.29, 0.717) is 19.5 Å². The number of rotatable bonds is 7. The fourth-order valence-corrected chi connectivity index (χ4v) is 2.89. The van der Waals surface area contributed by atoms with Crippen LogP contribution in [0.15, 0.2) is 30.3 Å². The summed E-state index contributed by atoms with van der Waals surface area (Å²) in [6, 6.07) is 8.18. The molecule has 1 amide bonds. The predicted molar refractivity (Wildman–Crippen MR) is 98.7 cm³/mol. The summed E-state index contributed by atoms with van der Waals surface area (Å²) in [4.78, 5) is 14.1. The van der Waals surface area contributed by atoms with E-state index in [9.17, 15) is 9.90 Å². The van der Waals surface area contributed by atoms with E-state index in [-0.39, 0.29) is 5.91 Å². The third-order valence-corrected chi connectivity index (χ3v) is 4.57. The van der Waals surface area contributed by atoms with Crippen molar-refractivity contribution in [2.75, 3.05) is 26.2 Å². The molecule has 2 N–H and O–H groups in total. The summed E-state index contributed by atoms with van der Waals surface area (Å²) in [6.07, 6.45) is 6.04. The Bertz CT molecular complexity index is 531. The Labute approximate surface area is 145 Å². The Hall–Kier alpha value is -1.65. The van der Waals surface area contributed by atoms with Gasteiger partial charge in [-0.3, -0.25) is 4.79 Å². The first-order valence-electron chi connectivity index (χ1n) is 8.93. The van der Waals surface area contributed by atoms with Crippen molar-refractivity contribution >= 4 is 12.0 Å². The Balaban J connectivity index is 1.62. The molecule has 4 heteroatoms. The van der Waals surface area contributed by atoms with E-state index >= 15 is 0 Å². The van der Waals surface area contributed by atoms with E-state index in [2.05, 4.69) is 36.2 Å². The minimum absolute atomic E-state index is 0.0512. The van der Waals surface area contributed by atoms with Crippen molar-refractivity contribution in [3.8, 4) is 0 Å². The van der Waals surface area contributed by atoms with Crippen LogP contribution in [0.4, 0.5) is 0 Å². The molecule has 4 nitrogen and oxygen atoms in total. The van der Waals surface area contributed by atoms with Gasteiger partial charge in [-0.05, 0) is 44.3 Å². The van der Waals surface area contributed by atoms with Crippen LogP contribution in [-0.2, 0) is 4.79 Å². The largest absolute Gasteiger partial charge is 0.390 e. The Morgan fingerprint density at radius 1 is 1.33 bits per heavy atom. The first-order valence-corrected chi connectivity index (χ1v) is 8.93. The summed E-state index contributed by atoms with van der Waals surface area (Å²) < 4.78 is 0. The summed E-state index contributed by atoms with van der Waals surface area (Å²) in [5.41, 5.74) is 2.31. The van der Waals surface area contributed by atoms with Gasteiger partial charge in [-0.25, -0.2) is 0 Å². The van der Waals surface area contributed by atoms with E-state index in [4.69, 9.17) is 0 Å². The van der Waals surface area contributed by atoms with E-state index in [0.717, 1.165) is 24.6 Å². The average Bonchev–Trinajstić information content (AvgIpc) is 2.57. The van der Waals surface area contributed by atoms with Gasteiger partial charge in [0, 0.05) is 19.5 Å². The Morgan fingerprint density at radius 3 is 2.67 bits per heavy atom. The highest BCUT2D eigenvalue weighted by molar-refractivity contribution is 5.78. The molecule has 0 saturated carbocycles. The third kappa shape index (κ3) is 6.85. The molecule has 1 unspecified atom stereocenters. The van der Waals surface area contributed by atoms with Gasteiger partial charge >= 0.3 is 0 Å². The highest BCUT2D eigenvalue weighted by Gasteiger charge is 2.18. The highest BCUT2D eigenvalue weighted by Crippen LogP contribution is 2.15. The zero-order valence-corrected chi connectivity index (χ0v) is 14.9. The zero-order valence-electron chi connectivity index (χ0n) is 14.9. The summed E-state index contributed by atoms with van der Waals surface area (Å²) in [5, 5.41) is 12.9. The first kappa shape index (κ1) is 18.7. The number of aliphatic hydroxyl groups excluding tert-OH is 1. The molecule has 1 aliphatic rings. The van der Waals surface area contributed by atoms with Crippen LogP contribution in [0, 0.1) is 12.8 Å². The molecule has 0 bridgehead atoms. The maximum atomic E-state index is 11.8. The monoisotopic (exact) mass is 330 g/mol. The van der Waals surface area contributed by atoms with Crippen LogP contribution < -0.4 is 5.32 Å². The minimum Gasteiger partial charge on any atom is -0.390 e. The molecule has 1 heterocycles. The first-order chi connectivity index (χ1) is 11.5. The lowest BCUT2D eigenvalue weighted by atomic mass is 9.99. The number of likely N-dealkylation sites (tertiary alicyclic amines) is 1. The van der Waals surface area contributed by atoms with E-state index in [1.165, 1.54) is 18.4 Å². The summed E-state index contributed by atoms with van der Waals surface area (Å²) >= 11 is 0. The molecule has 0 aromatic heterocycles. The number of aliphatic hydroxyl groups is 1. The van der Waals surface area contributed by atoms with Gasteiger partial charge < -0.3 is 15.3 Å². The fourth-order valence-electron chi connectivity index (χ4n) is 2.89. The second-order valence-electron chi connectivity index (χ2n) is 6.96. The van der Waals surface area contributed by atoms with Crippen molar-refractivity contribution in [2.45, 2.75) is 39.2 Å². The minimum atomic E-state index is -0.497. The summed E-state index contributed by atoms with van der Waals surface area (Å²) in [7, 11) is 0. The molecule has 0 spiro atoms. The van der Waals surface area contributed by atoms with Crippen LogP contribution in [0.5, 0.6) is 0 Å². The van der Waals surface area contributed by atoms with E-state index in [1.807, 2.05) is 24.3 Å². The van der Waals surface area contributed by atoms with Crippen LogP contribution in [-0.4, -0.2) is 48.2 Å². The molecule has 1 fully saturated rings. The SMILES string of the molecule is Cc1ccc(/C=C/CC(=O)NCC(O)CN2CCC(C)CC2)cc1. The molecule has 132 valence electrons. The lowest BCUT2D eigenvalue weighted by Gasteiger charge is -2.31. The van der Waals surface area contributed by atoms with Gasteiger partial charge in [0.05, 0.1) is 6.10 Å². The predicted octanol–water partition coefficient (Wildman–Crippen LogP) is 2.61. The smallest absolute Gasteiger partial charge is 0.223 e. The molecule has 1 aromatic carbocycles. The van der Waals surface area contributed by atoms with Crippen molar-refractivity contribution < 1.29 is 9.90 Å². The molecule has 0 aliphatic carbocycles. The molecule has 1 atom stereocenters. The number of β-amino-alcohol motifs (C(OH)–C–C–N with tert-alkyl or cyclic N) is 1. The molecule has 1 saturated heterocycles. The van der Waals surface area contributed by atoms with Gasteiger partial charge in [-0.2, -0.15) is 0 Å². The number of hydrogen-bond acceptors (Lipinski definition) is 3. The van der Waals surface area contributed by atoms with Crippen LogP contribution in [0.3, 0.4) is 0 Å². The number of hydrogen-bond donors (Lipinski definition) is 2. The number of nitrogens with one attached hydrogen (secondary N) is 1. The van der Waals surface area contributed by atoms with Crippen molar-refractivity contribution in [2.24, 2.45) is 5.92 Å².